The van der Waals surface area contributed by atoms with Crippen LogP contribution in [0.2, 0.25) is 0 Å². The summed E-state index contributed by atoms with van der Waals surface area (Å²) in [5.41, 5.74) is 1.58. The zero-order valence-electron chi connectivity index (χ0n) is 10.9. The van der Waals surface area contributed by atoms with Crippen molar-refractivity contribution in [1.82, 2.24) is 4.90 Å². The fraction of sp³-hybridized carbons (Fsp3) is 0.600. The van der Waals surface area contributed by atoms with E-state index in [-0.39, 0.29) is 0 Å². The number of benzene rings is 1. The molecule has 1 fully saturated rings. The molecule has 1 aliphatic heterocycles. The first-order chi connectivity index (χ1) is 8.07. The highest BCUT2D eigenvalue weighted by atomic mass is 16.3. The van der Waals surface area contributed by atoms with Crippen molar-refractivity contribution in [2.24, 2.45) is 0 Å². The maximum atomic E-state index is 10.2. The van der Waals surface area contributed by atoms with Crippen LogP contribution in [0.3, 0.4) is 0 Å². The number of likely N-dealkylation sites (tertiary alicyclic amines) is 1. The van der Waals surface area contributed by atoms with Gasteiger partial charge in [-0.15, -0.1) is 0 Å². The molecular formula is C15H23NO. The molecule has 1 aliphatic rings. The third-order valence-electron chi connectivity index (χ3n) is 3.52. The topological polar surface area (TPSA) is 23.5 Å². The lowest BCUT2D eigenvalue weighted by atomic mass is 9.92. The Kier molecular flexibility index (Phi) is 3.85. The molecule has 94 valence electrons. The third kappa shape index (κ3) is 3.30. The van der Waals surface area contributed by atoms with E-state index >= 15 is 0 Å². The molecule has 2 rings (SSSR count). The summed E-state index contributed by atoms with van der Waals surface area (Å²) in [6.07, 6.45) is 3.99. The molecule has 1 N–H and O–H groups in total. The number of aliphatic hydroxyl groups is 1. The molecule has 0 aromatic heterocycles. The van der Waals surface area contributed by atoms with Crippen LogP contribution in [0.25, 0.3) is 0 Å². The van der Waals surface area contributed by atoms with Gasteiger partial charge in [0.15, 0.2) is 0 Å². The van der Waals surface area contributed by atoms with E-state index in [2.05, 4.69) is 17.0 Å². The van der Waals surface area contributed by atoms with Crippen LogP contribution in [0.1, 0.15) is 44.2 Å². The average Bonchev–Trinajstić information content (AvgIpc) is 2.30. The maximum Gasteiger partial charge on any atom is 0.0843 e. The molecule has 0 radical (unpaired) electrons. The number of piperidine rings is 1. The minimum absolute atomic E-state index is 0.744. The lowest BCUT2D eigenvalue weighted by Crippen LogP contribution is -2.30. The van der Waals surface area contributed by atoms with Gasteiger partial charge in [0, 0.05) is 6.54 Å². The zero-order chi connectivity index (χ0) is 12.3. The molecule has 0 atom stereocenters. The monoisotopic (exact) mass is 233 g/mol. The van der Waals surface area contributed by atoms with Gasteiger partial charge in [-0.25, -0.2) is 0 Å². The Bertz CT molecular complexity index is 361. The van der Waals surface area contributed by atoms with E-state index in [0.717, 1.165) is 12.1 Å². The van der Waals surface area contributed by atoms with Crippen molar-refractivity contribution >= 4 is 0 Å². The largest absolute Gasteiger partial charge is 0.386 e. The first-order valence-electron chi connectivity index (χ1n) is 6.60. The first kappa shape index (κ1) is 12.6. The molecule has 0 aliphatic carbocycles. The van der Waals surface area contributed by atoms with Crippen molar-refractivity contribution in [3.63, 3.8) is 0 Å². The molecule has 0 unspecified atom stereocenters. The molecule has 1 saturated heterocycles. The standard InChI is InChI=1S/C15H23NO/c1-15(2,17)14-9-5-4-8-13(14)12-16-10-6-3-7-11-16/h4-5,8-9,17H,3,6-7,10-12H2,1-2H3. The van der Waals surface area contributed by atoms with E-state index in [1.807, 2.05) is 26.0 Å². The number of nitrogens with zero attached hydrogens (tertiary/aromatic N) is 1. The first-order valence-corrected chi connectivity index (χ1v) is 6.60. The Morgan fingerprint density at radius 1 is 1.12 bits per heavy atom. The van der Waals surface area contributed by atoms with E-state index < -0.39 is 5.60 Å². The Morgan fingerprint density at radius 2 is 1.76 bits per heavy atom. The second-order valence-corrected chi connectivity index (χ2v) is 5.55. The maximum absolute atomic E-state index is 10.2. The Labute approximate surface area is 104 Å². The van der Waals surface area contributed by atoms with Crippen molar-refractivity contribution in [1.29, 1.82) is 0 Å². The third-order valence-corrected chi connectivity index (χ3v) is 3.52. The van der Waals surface area contributed by atoms with Crippen LogP contribution in [-0.4, -0.2) is 23.1 Å². The van der Waals surface area contributed by atoms with Gasteiger partial charge in [0.25, 0.3) is 0 Å². The van der Waals surface area contributed by atoms with Crippen LogP contribution in [0.15, 0.2) is 24.3 Å². The SMILES string of the molecule is CC(C)(O)c1ccccc1CN1CCCCC1. The van der Waals surface area contributed by atoms with Crippen molar-refractivity contribution in [2.45, 2.75) is 45.3 Å². The summed E-state index contributed by atoms with van der Waals surface area (Å²) in [7, 11) is 0. The summed E-state index contributed by atoms with van der Waals surface area (Å²) in [6.45, 7) is 7.09. The van der Waals surface area contributed by atoms with Gasteiger partial charge >= 0.3 is 0 Å². The van der Waals surface area contributed by atoms with E-state index in [9.17, 15) is 5.11 Å². The fourth-order valence-electron chi connectivity index (χ4n) is 2.61. The van der Waals surface area contributed by atoms with Gasteiger partial charge in [0.05, 0.1) is 5.60 Å². The average molecular weight is 233 g/mol. The Morgan fingerprint density at radius 3 is 2.41 bits per heavy atom. The summed E-state index contributed by atoms with van der Waals surface area (Å²) in [5, 5.41) is 10.2. The number of hydrogen-bond acceptors (Lipinski definition) is 2. The number of rotatable bonds is 3. The molecule has 2 heteroatoms. The summed E-state index contributed by atoms with van der Waals surface area (Å²) in [4.78, 5) is 2.49. The molecule has 1 aromatic rings. The van der Waals surface area contributed by atoms with Gasteiger partial charge < -0.3 is 5.11 Å². The smallest absolute Gasteiger partial charge is 0.0843 e. The molecule has 1 aromatic carbocycles. The Balaban J connectivity index is 2.14. The van der Waals surface area contributed by atoms with Gasteiger partial charge in [0.1, 0.15) is 0 Å². The lowest BCUT2D eigenvalue weighted by molar-refractivity contribution is 0.0763. The minimum atomic E-state index is -0.744. The summed E-state index contributed by atoms with van der Waals surface area (Å²) < 4.78 is 0. The van der Waals surface area contributed by atoms with E-state index in [4.69, 9.17) is 0 Å². The van der Waals surface area contributed by atoms with Crippen LogP contribution < -0.4 is 0 Å². The summed E-state index contributed by atoms with van der Waals surface area (Å²) in [5.74, 6) is 0. The molecule has 17 heavy (non-hydrogen) atoms. The van der Waals surface area contributed by atoms with Gasteiger partial charge in [-0.05, 0) is 50.9 Å². The van der Waals surface area contributed by atoms with Crippen LogP contribution in [-0.2, 0) is 12.1 Å². The van der Waals surface area contributed by atoms with Gasteiger partial charge in [0.2, 0.25) is 0 Å². The molecule has 1 heterocycles. The van der Waals surface area contributed by atoms with Crippen LogP contribution >= 0.6 is 0 Å². The molecule has 2 nitrogen and oxygen atoms in total. The van der Waals surface area contributed by atoms with Crippen LogP contribution in [0.5, 0.6) is 0 Å². The van der Waals surface area contributed by atoms with Crippen molar-refractivity contribution < 1.29 is 5.11 Å². The highest BCUT2D eigenvalue weighted by Gasteiger charge is 2.21. The molecule has 0 saturated carbocycles. The van der Waals surface area contributed by atoms with Gasteiger partial charge in [-0.2, -0.15) is 0 Å². The summed E-state index contributed by atoms with van der Waals surface area (Å²) in [6, 6.07) is 8.25. The predicted octanol–water partition coefficient (Wildman–Crippen LogP) is 2.90. The molecule has 0 amide bonds. The fourth-order valence-corrected chi connectivity index (χ4v) is 2.61. The lowest BCUT2D eigenvalue weighted by Gasteiger charge is -2.29. The van der Waals surface area contributed by atoms with Crippen LogP contribution in [0.4, 0.5) is 0 Å². The van der Waals surface area contributed by atoms with Crippen LogP contribution in [0, 0.1) is 0 Å². The second-order valence-electron chi connectivity index (χ2n) is 5.55. The highest BCUT2D eigenvalue weighted by molar-refractivity contribution is 5.31. The van der Waals surface area contributed by atoms with E-state index in [1.165, 1.54) is 37.9 Å². The normalized spacial score (nSPS) is 18.3. The zero-order valence-corrected chi connectivity index (χ0v) is 10.9. The predicted molar refractivity (Wildman–Crippen MR) is 70.8 cm³/mol. The van der Waals surface area contributed by atoms with E-state index in [1.54, 1.807) is 0 Å². The molecular weight excluding hydrogens is 210 g/mol. The second kappa shape index (κ2) is 5.19. The number of hydrogen-bond donors (Lipinski definition) is 1. The van der Waals surface area contributed by atoms with Crippen molar-refractivity contribution in [2.75, 3.05) is 13.1 Å². The minimum Gasteiger partial charge on any atom is -0.386 e. The van der Waals surface area contributed by atoms with Crippen molar-refractivity contribution in [3.8, 4) is 0 Å². The van der Waals surface area contributed by atoms with Gasteiger partial charge in [-0.3, -0.25) is 4.90 Å². The quantitative estimate of drug-likeness (QED) is 0.867. The van der Waals surface area contributed by atoms with Crippen molar-refractivity contribution in [3.05, 3.63) is 35.4 Å². The molecule has 0 spiro atoms. The Hall–Kier alpha value is -0.860. The molecule has 0 bridgehead atoms. The van der Waals surface area contributed by atoms with E-state index in [0.29, 0.717) is 0 Å². The highest BCUT2D eigenvalue weighted by Crippen LogP contribution is 2.25. The summed E-state index contributed by atoms with van der Waals surface area (Å²) >= 11 is 0. The van der Waals surface area contributed by atoms with Gasteiger partial charge in [-0.1, -0.05) is 30.7 Å².